The lowest BCUT2D eigenvalue weighted by Gasteiger charge is -2.05. The van der Waals surface area contributed by atoms with E-state index in [0.29, 0.717) is 29.1 Å². The van der Waals surface area contributed by atoms with E-state index in [4.69, 9.17) is 9.47 Å². The van der Waals surface area contributed by atoms with Crippen molar-refractivity contribution >= 4 is 33.4 Å². The number of aromatic nitrogens is 1. The van der Waals surface area contributed by atoms with Gasteiger partial charge in [-0.05, 0) is 42.5 Å². The maximum absolute atomic E-state index is 12.6. The van der Waals surface area contributed by atoms with Crippen molar-refractivity contribution in [3.63, 3.8) is 0 Å². The van der Waals surface area contributed by atoms with Gasteiger partial charge in [0.15, 0.2) is 4.80 Å². The summed E-state index contributed by atoms with van der Waals surface area (Å²) in [7, 11) is 4.55. The van der Waals surface area contributed by atoms with E-state index in [9.17, 15) is 9.59 Å². The number of thiazole rings is 1. The van der Waals surface area contributed by atoms with Crippen LogP contribution in [0.25, 0.3) is 10.2 Å². The number of carbonyl (C=O) groups excluding carboxylic acids is 2. The van der Waals surface area contributed by atoms with Gasteiger partial charge in [0.2, 0.25) is 0 Å². The Bertz CT molecular complexity index is 1070. The highest BCUT2D eigenvalue weighted by molar-refractivity contribution is 7.16. The van der Waals surface area contributed by atoms with Gasteiger partial charge in [-0.3, -0.25) is 4.79 Å². The van der Waals surface area contributed by atoms with Crippen molar-refractivity contribution in [3.05, 3.63) is 58.4 Å². The summed E-state index contributed by atoms with van der Waals surface area (Å²) in [4.78, 5) is 29.0. The van der Waals surface area contributed by atoms with E-state index in [1.54, 1.807) is 38.5 Å². The molecule has 28 heavy (non-hydrogen) atoms. The summed E-state index contributed by atoms with van der Waals surface area (Å²) in [5.74, 6) is -0.100. The Hall–Kier alpha value is -2.97. The molecule has 0 aliphatic rings. The maximum atomic E-state index is 12.6. The third-order valence-electron chi connectivity index (χ3n) is 4.16. The Balaban J connectivity index is 2.01. The fourth-order valence-electron chi connectivity index (χ4n) is 2.68. The second-order valence-electron chi connectivity index (χ2n) is 5.85. The van der Waals surface area contributed by atoms with Crippen LogP contribution in [-0.4, -0.2) is 44.4 Å². The van der Waals surface area contributed by atoms with Gasteiger partial charge < -0.3 is 18.8 Å². The van der Waals surface area contributed by atoms with Crippen molar-refractivity contribution in [2.24, 2.45) is 4.99 Å². The lowest BCUT2D eigenvalue weighted by molar-refractivity contribution is 0.0600. The number of benzene rings is 2. The zero-order valence-electron chi connectivity index (χ0n) is 15.8. The van der Waals surface area contributed by atoms with Crippen molar-refractivity contribution in [2.75, 3.05) is 27.9 Å². The largest absolute Gasteiger partial charge is 0.497 e. The lowest BCUT2D eigenvalue weighted by Crippen LogP contribution is -2.19. The van der Waals surface area contributed by atoms with E-state index in [1.165, 1.54) is 18.4 Å². The van der Waals surface area contributed by atoms with Crippen LogP contribution in [0.2, 0.25) is 0 Å². The molecule has 0 fully saturated rings. The van der Waals surface area contributed by atoms with Gasteiger partial charge in [0, 0.05) is 19.2 Å². The summed E-state index contributed by atoms with van der Waals surface area (Å²) in [5.41, 5.74) is 1.72. The minimum atomic E-state index is -0.452. The number of methoxy groups -OCH3 is 3. The minimum Gasteiger partial charge on any atom is -0.497 e. The van der Waals surface area contributed by atoms with Crippen molar-refractivity contribution < 1.29 is 23.8 Å². The monoisotopic (exact) mass is 400 g/mol. The third kappa shape index (κ3) is 4.13. The molecule has 1 amide bonds. The van der Waals surface area contributed by atoms with Crippen molar-refractivity contribution in [2.45, 2.75) is 6.54 Å². The fourth-order valence-corrected chi connectivity index (χ4v) is 3.77. The molecule has 0 aliphatic heterocycles. The van der Waals surface area contributed by atoms with E-state index in [1.807, 2.05) is 22.8 Å². The maximum Gasteiger partial charge on any atom is 0.337 e. The van der Waals surface area contributed by atoms with Gasteiger partial charge in [0.25, 0.3) is 5.91 Å². The Morgan fingerprint density at radius 3 is 2.39 bits per heavy atom. The molecular weight excluding hydrogens is 380 g/mol. The van der Waals surface area contributed by atoms with Crippen molar-refractivity contribution in [3.8, 4) is 5.75 Å². The molecule has 0 radical (unpaired) electrons. The second kappa shape index (κ2) is 8.81. The number of amides is 1. The van der Waals surface area contributed by atoms with Crippen LogP contribution in [0.1, 0.15) is 20.7 Å². The Labute approximate surface area is 165 Å². The molecule has 0 aliphatic carbocycles. The fraction of sp³-hybridized carbons (Fsp3) is 0.250. The van der Waals surface area contributed by atoms with Crippen molar-refractivity contribution in [1.82, 2.24) is 4.57 Å². The lowest BCUT2D eigenvalue weighted by atomic mass is 10.1. The first-order chi connectivity index (χ1) is 13.6. The average Bonchev–Trinajstić information content (AvgIpc) is 3.07. The molecule has 0 atom stereocenters. The van der Waals surface area contributed by atoms with Gasteiger partial charge in [-0.2, -0.15) is 4.99 Å². The number of carbonyl (C=O) groups is 2. The van der Waals surface area contributed by atoms with E-state index in [2.05, 4.69) is 9.73 Å². The molecule has 2 aromatic carbocycles. The molecule has 1 heterocycles. The van der Waals surface area contributed by atoms with E-state index >= 15 is 0 Å². The topological polar surface area (TPSA) is 79.1 Å². The Morgan fingerprint density at radius 1 is 1.04 bits per heavy atom. The molecule has 0 saturated heterocycles. The summed E-state index contributed by atoms with van der Waals surface area (Å²) in [6, 6.07) is 11.9. The highest BCUT2D eigenvalue weighted by Gasteiger charge is 2.11. The second-order valence-corrected chi connectivity index (χ2v) is 6.86. The number of nitrogens with zero attached hydrogens (tertiary/aromatic N) is 2. The van der Waals surface area contributed by atoms with Crippen molar-refractivity contribution in [1.29, 1.82) is 0 Å². The zero-order chi connectivity index (χ0) is 20.1. The van der Waals surface area contributed by atoms with Gasteiger partial charge in [-0.15, -0.1) is 0 Å². The summed E-state index contributed by atoms with van der Waals surface area (Å²) < 4.78 is 18.0. The van der Waals surface area contributed by atoms with E-state index in [0.717, 1.165) is 16.0 Å². The summed E-state index contributed by atoms with van der Waals surface area (Å²) in [6.45, 7) is 1.06. The predicted molar refractivity (Wildman–Crippen MR) is 106 cm³/mol. The van der Waals surface area contributed by atoms with Gasteiger partial charge in [-0.25, -0.2) is 4.79 Å². The molecule has 0 spiro atoms. The number of hydrogen-bond donors (Lipinski definition) is 0. The van der Waals surface area contributed by atoms with Crippen LogP contribution < -0.4 is 9.54 Å². The first kappa shape index (κ1) is 19.8. The van der Waals surface area contributed by atoms with Crippen LogP contribution in [0, 0.1) is 0 Å². The van der Waals surface area contributed by atoms with Crippen LogP contribution in [0.4, 0.5) is 0 Å². The number of esters is 1. The van der Waals surface area contributed by atoms with Crippen LogP contribution >= 0.6 is 11.3 Å². The van der Waals surface area contributed by atoms with Crippen LogP contribution in [-0.2, 0) is 16.0 Å². The smallest absolute Gasteiger partial charge is 0.337 e. The molecule has 0 N–H and O–H groups in total. The van der Waals surface area contributed by atoms with Crippen LogP contribution in [0.3, 0.4) is 0 Å². The van der Waals surface area contributed by atoms with Gasteiger partial charge in [0.05, 0.1) is 36.6 Å². The molecular formula is C20H20N2O5S. The molecule has 7 nitrogen and oxygen atoms in total. The summed E-state index contributed by atoms with van der Waals surface area (Å²) >= 11 is 1.40. The van der Waals surface area contributed by atoms with E-state index < -0.39 is 5.97 Å². The first-order valence-corrected chi connectivity index (χ1v) is 9.32. The standard InChI is InChI=1S/C20H20N2O5S/c1-25-11-10-22-16-9-8-15(26-2)12-17(16)28-20(22)21-18(23)13-4-6-14(7-5-13)19(24)27-3/h4-9,12H,10-11H2,1-3H3. The SMILES string of the molecule is COCCn1c(=NC(=O)c2ccc(C(=O)OC)cc2)sc2cc(OC)ccc21. The normalized spacial score (nSPS) is 11.6. The van der Waals surface area contributed by atoms with E-state index in [-0.39, 0.29) is 5.91 Å². The molecule has 146 valence electrons. The molecule has 3 rings (SSSR count). The predicted octanol–water partition coefficient (Wildman–Crippen LogP) is 2.89. The summed E-state index contributed by atoms with van der Waals surface area (Å²) in [5, 5.41) is 0. The highest BCUT2D eigenvalue weighted by Crippen LogP contribution is 2.23. The molecule has 1 aromatic heterocycles. The zero-order valence-corrected chi connectivity index (χ0v) is 16.6. The van der Waals surface area contributed by atoms with Gasteiger partial charge in [-0.1, -0.05) is 11.3 Å². The number of rotatable bonds is 6. The number of ether oxygens (including phenoxy) is 3. The summed E-state index contributed by atoms with van der Waals surface area (Å²) in [6.07, 6.45) is 0. The minimum absolute atomic E-state index is 0.378. The van der Waals surface area contributed by atoms with Gasteiger partial charge in [0.1, 0.15) is 5.75 Å². The average molecular weight is 400 g/mol. The quantitative estimate of drug-likeness (QED) is 0.595. The molecule has 0 bridgehead atoms. The van der Waals surface area contributed by atoms with Crippen LogP contribution in [0.5, 0.6) is 5.75 Å². The highest BCUT2D eigenvalue weighted by atomic mass is 32.1. The Morgan fingerprint density at radius 2 is 1.75 bits per heavy atom. The Kier molecular flexibility index (Phi) is 6.23. The van der Waals surface area contributed by atoms with Gasteiger partial charge >= 0.3 is 5.97 Å². The van der Waals surface area contributed by atoms with Crippen LogP contribution in [0.15, 0.2) is 47.5 Å². The number of fused-ring (bicyclic) bond motifs is 1. The molecule has 0 unspecified atom stereocenters. The first-order valence-electron chi connectivity index (χ1n) is 8.51. The number of hydrogen-bond acceptors (Lipinski definition) is 6. The third-order valence-corrected chi connectivity index (χ3v) is 5.20. The molecule has 8 heteroatoms. The molecule has 3 aromatic rings. The molecule has 0 saturated carbocycles.